The van der Waals surface area contributed by atoms with E-state index in [2.05, 4.69) is 23.2 Å². The molecule has 3 N–H and O–H groups in total. The quantitative estimate of drug-likeness (QED) is 0.516. The molecule has 0 aromatic heterocycles. The Balaban J connectivity index is 1.60. The largest absolute Gasteiger partial charge is 0.368 e. The normalized spacial score (nSPS) is 26.1. The third kappa shape index (κ3) is 4.47. The van der Waals surface area contributed by atoms with E-state index in [9.17, 15) is 14.4 Å². The number of amides is 3. The van der Waals surface area contributed by atoms with Crippen LogP contribution in [-0.4, -0.2) is 47.8 Å². The Morgan fingerprint density at radius 1 is 1.10 bits per heavy atom. The van der Waals surface area contributed by atoms with Gasteiger partial charge in [0, 0.05) is 42.4 Å². The van der Waals surface area contributed by atoms with Gasteiger partial charge in [-0.3, -0.25) is 19.7 Å². The van der Waals surface area contributed by atoms with Gasteiger partial charge in [0.15, 0.2) is 0 Å². The zero-order valence-electron chi connectivity index (χ0n) is 18.4. The van der Waals surface area contributed by atoms with Gasteiger partial charge in [-0.25, -0.2) is 0 Å². The number of carbonyl (C=O) groups is 3. The van der Waals surface area contributed by atoms with Crippen LogP contribution in [0.4, 0.5) is 5.69 Å². The molecule has 2 heterocycles. The van der Waals surface area contributed by atoms with E-state index in [1.807, 2.05) is 12.1 Å². The minimum atomic E-state index is -0.577. The summed E-state index contributed by atoms with van der Waals surface area (Å²) in [6.45, 7) is 4.36. The maximum Gasteiger partial charge on any atom is 0.255 e. The molecule has 1 saturated heterocycles. The molecule has 1 aliphatic carbocycles. The number of imide groups is 1. The predicted molar refractivity (Wildman–Crippen MR) is 120 cm³/mol. The zero-order valence-corrected chi connectivity index (χ0v) is 18.4. The van der Waals surface area contributed by atoms with Gasteiger partial charge >= 0.3 is 0 Å². The molecule has 1 atom stereocenters. The highest BCUT2D eigenvalue weighted by molar-refractivity contribution is 6.06. The average Bonchev–Trinajstić information content (AvgIpc) is 3.09. The van der Waals surface area contributed by atoms with Crippen molar-refractivity contribution >= 4 is 23.4 Å². The van der Waals surface area contributed by atoms with Crippen molar-refractivity contribution in [3.05, 3.63) is 29.3 Å². The molecule has 1 aromatic rings. The van der Waals surface area contributed by atoms with Crippen LogP contribution >= 0.6 is 0 Å². The van der Waals surface area contributed by atoms with Gasteiger partial charge in [0.1, 0.15) is 6.04 Å². The molecule has 0 radical (unpaired) electrons. The maximum atomic E-state index is 13.2. The first-order valence-electron chi connectivity index (χ1n) is 11.7. The minimum Gasteiger partial charge on any atom is -0.368 e. The summed E-state index contributed by atoms with van der Waals surface area (Å²) in [4.78, 5) is 41.3. The molecule has 2 aliphatic heterocycles. The lowest BCUT2D eigenvalue weighted by Gasteiger charge is -2.39. The molecular formula is C24H34N4O3. The number of fused-ring (bicyclic) bond motifs is 1. The lowest BCUT2D eigenvalue weighted by atomic mass is 9.86. The van der Waals surface area contributed by atoms with Crippen molar-refractivity contribution in [1.82, 2.24) is 10.2 Å². The van der Waals surface area contributed by atoms with E-state index in [-0.39, 0.29) is 24.1 Å². The fourth-order valence-electron chi connectivity index (χ4n) is 5.32. The molecule has 3 amide bonds. The van der Waals surface area contributed by atoms with E-state index in [0.29, 0.717) is 31.1 Å². The summed E-state index contributed by atoms with van der Waals surface area (Å²) >= 11 is 0. The Morgan fingerprint density at radius 2 is 1.87 bits per heavy atom. The third-order valence-electron chi connectivity index (χ3n) is 7.15. The highest BCUT2D eigenvalue weighted by Gasteiger charge is 2.40. The molecule has 2 fully saturated rings. The Kier molecular flexibility index (Phi) is 6.60. The van der Waals surface area contributed by atoms with Gasteiger partial charge in [-0.1, -0.05) is 13.0 Å². The predicted octanol–water partition coefficient (Wildman–Crippen LogP) is 2.57. The molecule has 1 saturated carbocycles. The first-order chi connectivity index (χ1) is 15.0. The number of piperidine rings is 1. The lowest BCUT2D eigenvalue weighted by molar-refractivity contribution is -0.136. The SMILES string of the molecule is CC1CCC(N(CCCCN)c2cccc3c2CN(C2CCC(=O)NC2=O)C3=O)CC1. The van der Waals surface area contributed by atoms with Crippen LogP contribution in [-0.2, 0) is 16.1 Å². The molecule has 7 heteroatoms. The number of hydrogen-bond donors (Lipinski definition) is 2. The van der Waals surface area contributed by atoms with Crippen LogP contribution in [0, 0.1) is 5.92 Å². The van der Waals surface area contributed by atoms with Crippen LogP contribution in [0.15, 0.2) is 18.2 Å². The van der Waals surface area contributed by atoms with Gasteiger partial charge in [-0.2, -0.15) is 0 Å². The molecule has 31 heavy (non-hydrogen) atoms. The summed E-state index contributed by atoms with van der Waals surface area (Å²) in [6, 6.07) is 5.85. The van der Waals surface area contributed by atoms with Crippen molar-refractivity contribution in [3.63, 3.8) is 0 Å². The zero-order chi connectivity index (χ0) is 22.0. The molecule has 1 unspecified atom stereocenters. The molecular weight excluding hydrogens is 392 g/mol. The monoisotopic (exact) mass is 426 g/mol. The summed E-state index contributed by atoms with van der Waals surface area (Å²) < 4.78 is 0. The average molecular weight is 427 g/mol. The second-order valence-electron chi connectivity index (χ2n) is 9.31. The van der Waals surface area contributed by atoms with Gasteiger partial charge in [0.2, 0.25) is 11.8 Å². The number of benzene rings is 1. The first kappa shape index (κ1) is 21.8. The van der Waals surface area contributed by atoms with Gasteiger partial charge < -0.3 is 15.5 Å². The van der Waals surface area contributed by atoms with Crippen LogP contribution in [0.3, 0.4) is 0 Å². The summed E-state index contributed by atoms with van der Waals surface area (Å²) in [5, 5.41) is 2.39. The fraction of sp³-hybridized carbons (Fsp3) is 0.625. The Bertz CT molecular complexity index is 847. The van der Waals surface area contributed by atoms with Crippen molar-refractivity contribution in [3.8, 4) is 0 Å². The third-order valence-corrected chi connectivity index (χ3v) is 7.15. The van der Waals surface area contributed by atoms with Gasteiger partial charge in [0.25, 0.3) is 5.91 Å². The van der Waals surface area contributed by atoms with Crippen LogP contribution in [0.25, 0.3) is 0 Å². The number of nitrogens with zero attached hydrogens (tertiary/aromatic N) is 2. The van der Waals surface area contributed by atoms with Crippen LogP contribution < -0.4 is 16.0 Å². The van der Waals surface area contributed by atoms with Crippen molar-refractivity contribution in [2.75, 3.05) is 18.0 Å². The number of nitrogens with two attached hydrogens (primary N) is 1. The van der Waals surface area contributed by atoms with E-state index in [4.69, 9.17) is 5.73 Å². The molecule has 3 aliphatic rings. The summed E-state index contributed by atoms with van der Waals surface area (Å²) in [5.74, 6) is 0.0440. The van der Waals surface area contributed by atoms with E-state index in [1.165, 1.54) is 12.8 Å². The lowest BCUT2D eigenvalue weighted by Crippen LogP contribution is -2.52. The first-order valence-corrected chi connectivity index (χ1v) is 11.7. The summed E-state index contributed by atoms with van der Waals surface area (Å²) in [6.07, 6.45) is 7.46. The minimum absolute atomic E-state index is 0.106. The second-order valence-corrected chi connectivity index (χ2v) is 9.31. The summed E-state index contributed by atoms with van der Waals surface area (Å²) in [5.41, 5.74) is 8.58. The Morgan fingerprint density at radius 3 is 2.58 bits per heavy atom. The smallest absolute Gasteiger partial charge is 0.255 e. The number of hydrogen-bond acceptors (Lipinski definition) is 5. The Labute approximate surface area is 184 Å². The van der Waals surface area contributed by atoms with E-state index in [1.54, 1.807) is 4.90 Å². The summed E-state index contributed by atoms with van der Waals surface area (Å²) in [7, 11) is 0. The molecule has 0 bridgehead atoms. The van der Waals surface area contributed by atoms with Crippen molar-refractivity contribution in [1.29, 1.82) is 0 Å². The van der Waals surface area contributed by atoms with Crippen LogP contribution in [0.2, 0.25) is 0 Å². The molecule has 4 rings (SSSR count). The fourth-order valence-corrected chi connectivity index (χ4v) is 5.32. The van der Waals surface area contributed by atoms with Gasteiger partial charge in [0.05, 0.1) is 0 Å². The van der Waals surface area contributed by atoms with Crippen molar-refractivity contribution in [2.24, 2.45) is 11.7 Å². The number of carbonyl (C=O) groups excluding carboxylic acids is 3. The molecule has 168 valence electrons. The van der Waals surface area contributed by atoms with Gasteiger partial charge in [-0.15, -0.1) is 0 Å². The molecule has 7 nitrogen and oxygen atoms in total. The van der Waals surface area contributed by atoms with Crippen molar-refractivity contribution < 1.29 is 14.4 Å². The number of unbranched alkanes of at least 4 members (excludes halogenated alkanes) is 1. The number of rotatable bonds is 7. The van der Waals surface area contributed by atoms with E-state index >= 15 is 0 Å². The topological polar surface area (TPSA) is 95.7 Å². The second kappa shape index (κ2) is 9.39. The molecule has 0 spiro atoms. The van der Waals surface area contributed by atoms with Crippen molar-refractivity contribution in [2.45, 2.75) is 76.9 Å². The molecule has 1 aromatic carbocycles. The van der Waals surface area contributed by atoms with E-state index < -0.39 is 6.04 Å². The van der Waals surface area contributed by atoms with Crippen LogP contribution in [0.1, 0.15) is 74.2 Å². The number of nitrogens with one attached hydrogen (secondary N) is 1. The standard InChI is InChI=1S/C24H34N4O3/c1-16-7-9-17(10-8-16)27(14-3-2-13-25)20-6-4-5-18-19(20)15-28(24(18)31)21-11-12-22(29)26-23(21)30/h4-6,16-17,21H,2-3,7-15,25H2,1H3,(H,26,29,30). The number of anilines is 1. The van der Waals surface area contributed by atoms with Crippen LogP contribution in [0.5, 0.6) is 0 Å². The Hall–Kier alpha value is -2.41. The highest BCUT2D eigenvalue weighted by atomic mass is 16.2. The highest BCUT2D eigenvalue weighted by Crippen LogP contribution is 2.37. The van der Waals surface area contributed by atoms with E-state index in [0.717, 1.165) is 49.4 Å². The maximum absolute atomic E-state index is 13.2. The van der Waals surface area contributed by atoms with Gasteiger partial charge in [-0.05, 0) is 69.5 Å².